The molecule has 5 nitrogen and oxygen atoms in total. The molecule has 1 saturated heterocycles. The van der Waals surface area contributed by atoms with Gasteiger partial charge in [-0.05, 0) is 57.5 Å². The summed E-state index contributed by atoms with van der Waals surface area (Å²) in [6, 6.07) is 7.87. The third-order valence-corrected chi connectivity index (χ3v) is 4.54. The van der Waals surface area contributed by atoms with Gasteiger partial charge in [0.05, 0.1) is 0 Å². The van der Waals surface area contributed by atoms with Crippen molar-refractivity contribution >= 4 is 11.8 Å². The van der Waals surface area contributed by atoms with Crippen LogP contribution in [0.1, 0.15) is 42.6 Å². The molecule has 0 spiro atoms. The standard InChI is InChI=1S/C18H27N3O2/c1-13(2)21-10-8-16(9-11-21)18(23)20-12-14-4-6-15(7-5-14)17(22)19-3/h4-7,13,16H,8-12H2,1-3H3,(H,19,22)(H,20,23). The van der Waals surface area contributed by atoms with E-state index in [1.54, 1.807) is 19.2 Å². The molecule has 1 aliphatic rings. The Kier molecular flexibility index (Phi) is 6.16. The number of benzene rings is 1. The second kappa shape index (κ2) is 8.11. The van der Waals surface area contributed by atoms with Crippen molar-refractivity contribution < 1.29 is 9.59 Å². The quantitative estimate of drug-likeness (QED) is 0.870. The Morgan fingerprint density at radius 2 is 1.78 bits per heavy atom. The average Bonchev–Trinajstić information content (AvgIpc) is 2.59. The predicted octanol–water partition coefficient (Wildman–Crippen LogP) is 1.78. The van der Waals surface area contributed by atoms with Crippen molar-refractivity contribution in [2.24, 2.45) is 5.92 Å². The first-order valence-electron chi connectivity index (χ1n) is 8.34. The van der Waals surface area contributed by atoms with Crippen molar-refractivity contribution in [3.8, 4) is 0 Å². The van der Waals surface area contributed by atoms with E-state index in [1.807, 2.05) is 12.1 Å². The minimum atomic E-state index is -0.0995. The van der Waals surface area contributed by atoms with E-state index in [9.17, 15) is 9.59 Å². The molecule has 23 heavy (non-hydrogen) atoms. The Morgan fingerprint density at radius 3 is 2.30 bits per heavy atom. The Balaban J connectivity index is 1.79. The molecule has 0 bridgehead atoms. The highest BCUT2D eigenvalue weighted by Crippen LogP contribution is 2.19. The van der Waals surface area contributed by atoms with E-state index in [1.165, 1.54) is 0 Å². The molecule has 5 heteroatoms. The maximum absolute atomic E-state index is 12.3. The number of nitrogens with zero attached hydrogens (tertiary/aromatic N) is 1. The van der Waals surface area contributed by atoms with Crippen LogP contribution < -0.4 is 10.6 Å². The van der Waals surface area contributed by atoms with Gasteiger partial charge in [0.1, 0.15) is 0 Å². The predicted molar refractivity (Wildman–Crippen MR) is 91.1 cm³/mol. The lowest BCUT2D eigenvalue weighted by atomic mass is 9.95. The fraction of sp³-hybridized carbons (Fsp3) is 0.556. The van der Waals surface area contributed by atoms with Crippen LogP contribution in [-0.4, -0.2) is 42.9 Å². The molecule has 126 valence electrons. The lowest BCUT2D eigenvalue weighted by Gasteiger charge is -2.33. The number of piperidine rings is 1. The highest BCUT2D eigenvalue weighted by Gasteiger charge is 2.25. The number of carbonyl (C=O) groups is 2. The van der Waals surface area contributed by atoms with Gasteiger partial charge in [-0.2, -0.15) is 0 Å². The average molecular weight is 317 g/mol. The van der Waals surface area contributed by atoms with Gasteiger partial charge in [-0.25, -0.2) is 0 Å². The smallest absolute Gasteiger partial charge is 0.251 e. The van der Waals surface area contributed by atoms with E-state index in [0.29, 0.717) is 18.2 Å². The number of hydrogen-bond donors (Lipinski definition) is 2. The topological polar surface area (TPSA) is 61.4 Å². The summed E-state index contributed by atoms with van der Waals surface area (Å²) in [5, 5.41) is 5.61. The van der Waals surface area contributed by atoms with Crippen LogP contribution in [0.2, 0.25) is 0 Å². The maximum Gasteiger partial charge on any atom is 0.251 e. The number of nitrogens with one attached hydrogen (secondary N) is 2. The SMILES string of the molecule is CNC(=O)c1ccc(CNC(=O)C2CCN(C(C)C)CC2)cc1. The van der Waals surface area contributed by atoms with Crippen LogP contribution in [0.15, 0.2) is 24.3 Å². The van der Waals surface area contributed by atoms with E-state index in [4.69, 9.17) is 0 Å². The lowest BCUT2D eigenvalue weighted by Crippen LogP contribution is -2.42. The Morgan fingerprint density at radius 1 is 1.17 bits per heavy atom. The Bertz CT molecular complexity index is 532. The van der Waals surface area contributed by atoms with Gasteiger partial charge in [0.15, 0.2) is 0 Å². The summed E-state index contributed by atoms with van der Waals surface area (Å²) < 4.78 is 0. The van der Waals surface area contributed by atoms with Gasteiger partial charge in [-0.3, -0.25) is 9.59 Å². The van der Waals surface area contributed by atoms with Gasteiger partial charge in [-0.15, -0.1) is 0 Å². The van der Waals surface area contributed by atoms with Crippen LogP contribution in [0, 0.1) is 5.92 Å². The molecule has 0 saturated carbocycles. The third kappa shape index (κ3) is 4.79. The van der Waals surface area contributed by atoms with Gasteiger partial charge in [-0.1, -0.05) is 12.1 Å². The largest absolute Gasteiger partial charge is 0.355 e. The molecule has 1 aliphatic heterocycles. The zero-order valence-electron chi connectivity index (χ0n) is 14.3. The van der Waals surface area contributed by atoms with E-state index in [2.05, 4.69) is 29.4 Å². The first-order valence-corrected chi connectivity index (χ1v) is 8.34. The second-order valence-electron chi connectivity index (χ2n) is 6.40. The number of carbonyl (C=O) groups excluding carboxylic acids is 2. The minimum Gasteiger partial charge on any atom is -0.355 e. The summed E-state index contributed by atoms with van der Waals surface area (Å²) in [6.45, 7) is 6.90. The number of amides is 2. The Hall–Kier alpha value is -1.88. The zero-order valence-corrected chi connectivity index (χ0v) is 14.3. The van der Waals surface area contributed by atoms with Crippen LogP contribution in [0.25, 0.3) is 0 Å². The first-order chi connectivity index (χ1) is 11.0. The molecule has 0 unspecified atom stereocenters. The van der Waals surface area contributed by atoms with E-state index < -0.39 is 0 Å². The lowest BCUT2D eigenvalue weighted by molar-refractivity contribution is -0.126. The van der Waals surface area contributed by atoms with Gasteiger partial charge in [0.25, 0.3) is 5.91 Å². The fourth-order valence-electron chi connectivity index (χ4n) is 2.93. The van der Waals surface area contributed by atoms with Crippen molar-refractivity contribution in [1.29, 1.82) is 0 Å². The van der Waals surface area contributed by atoms with E-state index in [-0.39, 0.29) is 17.7 Å². The van der Waals surface area contributed by atoms with Crippen LogP contribution in [0.3, 0.4) is 0 Å². The summed E-state index contributed by atoms with van der Waals surface area (Å²) >= 11 is 0. The molecule has 1 heterocycles. The number of hydrogen-bond acceptors (Lipinski definition) is 3. The zero-order chi connectivity index (χ0) is 16.8. The van der Waals surface area contributed by atoms with Gasteiger partial charge in [0.2, 0.25) is 5.91 Å². The molecule has 2 rings (SSSR count). The molecule has 1 fully saturated rings. The van der Waals surface area contributed by atoms with Crippen LogP contribution in [0.5, 0.6) is 0 Å². The van der Waals surface area contributed by atoms with Gasteiger partial charge >= 0.3 is 0 Å². The van der Waals surface area contributed by atoms with Crippen molar-refractivity contribution in [1.82, 2.24) is 15.5 Å². The van der Waals surface area contributed by atoms with Gasteiger partial charge in [0, 0.05) is 31.1 Å². The molecular formula is C18H27N3O2. The molecule has 1 aromatic rings. The second-order valence-corrected chi connectivity index (χ2v) is 6.40. The molecular weight excluding hydrogens is 290 g/mol. The van der Waals surface area contributed by atoms with Gasteiger partial charge < -0.3 is 15.5 Å². The molecule has 2 N–H and O–H groups in total. The van der Waals surface area contributed by atoms with Crippen molar-refractivity contribution in [2.45, 2.75) is 39.3 Å². The molecule has 2 amide bonds. The summed E-state index contributed by atoms with van der Waals surface area (Å²) in [4.78, 5) is 26.2. The molecule has 0 radical (unpaired) electrons. The van der Waals surface area contributed by atoms with Crippen LogP contribution in [0.4, 0.5) is 0 Å². The minimum absolute atomic E-state index is 0.0995. The Labute approximate surface area is 138 Å². The van der Waals surface area contributed by atoms with Crippen molar-refractivity contribution in [3.63, 3.8) is 0 Å². The van der Waals surface area contributed by atoms with Crippen molar-refractivity contribution in [3.05, 3.63) is 35.4 Å². The fourth-order valence-corrected chi connectivity index (χ4v) is 2.93. The highest BCUT2D eigenvalue weighted by atomic mass is 16.2. The summed E-state index contributed by atoms with van der Waals surface area (Å²) in [6.07, 6.45) is 1.86. The normalized spacial score (nSPS) is 16.3. The van der Waals surface area contributed by atoms with Crippen LogP contribution >= 0.6 is 0 Å². The number of likely N-dealkylation sites (tertiary alicyclic amines) is 1. The number of rotatable bonds is 5. The third-order valence-electron chi connectivity index (χ3n) is 4.54. The molecule has 1 aromatic carbocycles. The van der Waals surface area contributed by atoms with E-state index in [0.717, 1.165) is 31.5 Å². The van der Waals surface area contributed by atoms with E-state index >= 15 is 0 Å². The molecule has 0 aliphatic carbocycles. The highest BCUT2D eigenvalue weighted by molar-refractivity contribution is 5.93. The van der Waals surface area contributed by atoms with Crippen LogP contribution in [-0.2, 0) is 11.3 Å². The summed E-state index contributed by atoms with van der Waals surface area (Å²) in [7, 11) is 1.61. The van der Waals surface area contributed by atoms with Crippen molar-refractivity contribution in [2.75, 3.05) is 20.1 Å². The molecule has 0 atom stereocenters. The summed E-state index contributed by atoms with van der Waals surface area (Å²) in [5.74, 6) is 0.163. The maximum atomic E-state index is 12.3. The first kappa shape index (κ1) is 17.5. The molecule has 0 aromatic heterocycles. The monoisotopic (exact) mass is 317 g/mol. The summed E-state index contributed by atoms with van der Waals surface area (Å²) in [5.41, 5.74) is 1.63.